The molecule has 2 amide bonds. The fourth-order valence-electron chi connectivity index (χ4n) is 5.38. The third-order valence-corrected chi connectivity index (χ3v) is 8.03. The Labute approximate surface area is 245 Å². The molecule has 0 unspecified atom stereocenters. The predicted molar refractivity (Wildman–Crippen MR) is 151 cm³/mol. The number of carbonyl (C=O) groups is 3. The van der Waals surface area contributed by atoms with Crippen LogP contribution < -0.4 is 10.6 Å². The number of halogens is 1. The van der Waals surface area contributed by atoms with Gasteiger partial charge in [-0.3, -0.25) is 9.59 Å². The molecule has 212 valence electrons. The fourth-order valence-corrected chi connectivity index (χ4v) is 5.74. The molecule has 40 heavy (non-hydrogen) atoms. The Bertz CT molecular complexity index is 1290. The van der Waals surface area contributed by atoms with E-state index in [0.717, 1.165) is 14.7 Å². The molecule has 0 saturated carbocycles. The molecule has 2 aliphatic carbocycles. The Kier molecular flexibility index (Phi) is 8.57. The highest BCUT2D eigenvalue weighted by Crippen LogP contribution is 2.45. The van der Waals surface area contributed by atoms with Crippen molar-refractivity contribution < 1.29 is 38.8 Å². The van der Waals surface area contributed by atoms with E-state index < -0.39 is 54.0 Å². The first kappa shape index (κ1) is 28.7. The number of esters is 1. The maximum absolute atomic E-state index is 13.4. The van der Waals surface area contributed by atoms with Crippen molar-refractivity contribution in [1.82, 2.24) is 10.6 Å². The molecule has 1 aliphatic heterocycles. The molecule has 1 fully saturated rings. The first-order valence-electron chi connectivity index (χ1n) is 13.2. The van der Waals surface area contributed by atoms with Gasteiger partial charge in [0.2, 0.25) is 11.8 Å². The van der Waals surface area contributed by atoms with E-state index in [0.29, 0.717) is 18.4 Å². The van der Waals surface area contributed by atoms with Gasteiger partial charge in [-0.25, -0.2) is 4.79 Å². The maximum Gasteiger partial charge on any atom is 0.338 e. The van der Waals surface area contributed by atoms with Crippen LogP contribution in [0.2, 0.25) is 0 Å². The van der Waals surface area contributed by atoms with Crippen molar-refractivity contribution in [1.29, 1.82) is 0 Å². The largest absolute Gasteiger partial charge is 0.456 e. The van der Waals surface area contributed by atoms with Gasteiger partial charge in [-0.2, -0.15) is 0 Å². The number of rotatable bonds is 8. The van der Waals surface area contributed by atoms with Gasteiger partial charge in [-0.15, -0.1) is 0 Å². The number of hydrogen-bond donors (Lipinski definition) is 4. The van der Waals surface area contributed by atoms with Crippen molar-refractivity contribution in [2.75, 3.05) is 13.2 Å². The van der Waals surface area contributed by atoms with Crippen LogP contribution in [0, 0.1) is 3.57 Å². The number of benzene rings is 2. The van der Waals surface area contributed by atoms with E-state index >= 15 is 0 Å². The van der Waals surface area contributed by atoms with E-state index in [1.54, 1.807) is 30.3 Å². The van der Waals surface area contributed by atoms with Crippen LogP contribution in [0.15, 0.2) is 60.2 Å². The van der Waals surface area contributed by atoms with Gasteiger partial charge in [0, 0.05) is 35.0 Å². The van der Waals surface area contributed by atoms with Crippen molar-refractivity contribution in [3.63, 3.8) is 0 Å². The molecular weight excluding hydrogens is 631 g/mol. The summed E-state index contributed by atoms with van der Waals surface area (Å²) in [5, 5.41) is 24.2. The maximum atomic E-state index is 13.4. The van der Waals surface area contributed by atoms with Crippen LogP contribution in [0.4, 0.5) is 0 Å². The monoisotopic (exact) mass is 662 g/mol. The average molecular weight is 662 g/mol. The topological polar surface area (TPSA) is 143 Å². The second-order valence-electron chi connectivity index (χ2n) is 10.3. The van der Waals surface area contributed by atoms with E-state index in [9.17, 15) is 19.5 Å². The Morgan fingerprint density at radius 3 is 2.40 bits per heavy atom. The van der Waals surface area contributed by atoms with E-state index in [-0.39, 0.29) is 25.1 Å². The summed E-state index contributed by atoms with van der Waals surface area (Å²) in [6, 6.07) is 13.7. The molecule has 1 spiro atoms. The molecule has 3 aliphatic rings. The molecule has 11 heteroatoms. The van der Waals surface area contributed by atoms with E-state index in [4.69, 9.17) is 19.3 Å². The van der Waals surface area contributed by atoms with Gasteiger partial charge in [-0.05, 0) is 71.0 Å². The Morgan fingerprint density at radius 2 is 1.77 bits per heavy atom. The zero-order valence-electron chi connectivity index (χ0n) is 21.8. The quantitative estimate of drug-likeness (QED) is 0.246. The van der Waals surface area contributed by atoms with Crippen LogP contribution in [-0.4, -0.2) is 77.4 Å². The van der Waals surface area contributed by atoms with Gasteiger partial charge in [-0.1, -0.05) is 24.3 Å². The number of aliphatic hydroxyl groups excluding tert-OH is 2. The molecule has 10 nitrogen and oxygen atoms in total. The summed E-state index contributed by atoms with van der Waals surface area (Å²) in [6.45, 7) is 1.09. The fraction of sp³-hybridized carbons (Fsp3) is 0.414. The van der Waals surface area contributed by atoms with Crippen LogP contribution in [0.3, 0.4) is 0 Å². The van der Waals surface area contributed by atoms with Gasteiger partial charge in [0.15, 0.2) is 5.79 Å². The van der Waals surface area contributed by atoms with Crippen LogP contribution in [-0.2, 0) is 36.6 Å². The van der Waals surface area contributed by atoms with Crippen LogP contribution in [0.1, 0.15) is 34.8 Å². The molecule has 0 radical (unpaired) electrons. The lowest BCUT2D eigenvalue weighted by atomic mass is 9.91. The summed E-state index contributed by atoms with van der Waals surface area (Å²) >= 11 is 2.15. The third-order valence-electron chi connectivity index (χ3n) is 7.31. The zero-order valence-corrected chi connectivity index (χ0v) is 24.0. The van der Waals surface area contributed by atoms with Gasteiger partial charge < -0.3 is 35.1 Å². The van der Waals surface area contributed by atoms with Crippen molar-refractivity contribution in [3.8, 4) is 0 Å². The third kappa shape index (κ3) is 6.08. The van der Waals surface area contributed by atoms with Crippen LogP contribution >= 0.6 is 22.6 Å². The number of nitrogens with one attached hydrogen (secondary N) is 2. The number of amides is 2. The molecule has 5 atom stereocenters. The van der Waals surface area contributed by atoms with Gasteiger partial charge in [0.05, 0.1) is 18.3 Å². The second kappa shape index (κ2) is 12.0. The van der Waals surface area contributed by atoms with Crippen molar-refractivity contribution >= 4 is 40.4 Å². The summed E-state index contributed by atoms with van der Waals surface area (Å²) in [7, 11) is 0. The minimum Gasteiger partial charge on any atom is -0.456 e. The zero-order chi connectivity index (χ0) is 28.4. The first-order valence-corrected chi connectivity index (χ1v) is 14.2. The van der Waals surface area contributed by atoms with Gasteiger partial charge >= 0.3 is 5.97 Å². The first-order chi connectivity index (χ1) is 19.2. The molecule has 2 aromatic carbocycles. The second-order valence-corrected chi connectivity index (χ2v) is 11.5. The Balaban J connectivity index is 1.38. The molecule has 0 aromatic heterocycles. The normalized spacial score (nSPS) is 23.9. The van der Waals surface area contributed by atoms with Crippen molar-refractivity contribution in [3.05, 3.63) is 80.4 Å². The van der Waals surface area contributed by atoms with Crippen molar-refractivity contribution in [2.24, 2.45) is 0 Å². The number of carbonyl (C=O) groups excluding carboxylic acids is 3. The lowest BCUT2D eigenvalue weighted by Crippen LogP contribution is -2.54. The van der Waals surface area contributed by atoms with Crippen LogP contribution in [0.25, 0.3) is 0 Å². The SMILES string of the molecule is C[C@H](O)[C@@H](NC(=O)C1=C[C@H]2OC3(Cc4ccccc4C3)O[C@H]2[C@H](OC(=O)c2ccc(I)cc2)C1)C(=O)NCCO. The number of fused-ring (bicyclic) bond motifs is 2. The minimum absolute atomic E-state index is 0.0173. The molecule has 5 rings (SSSR count). The van der Waals surface area contributed by atoms with Gasteiger partial charge in [0.1, 0.15) is 24.4 Å². The molecule has 2 aromatic rings. The predicted octanol–water partition coefficient (Wildman–Crippen LogP) is 1.40. The van der Waals surface area contributed by atoms with E-state index in [1.807, 2.05) is 24.3 Å². The number of aliphatic hydroxyl groups is 2. The summed E-state index contributed by atoms with van der Waals surface area (Å²) < 4.78 is 19.8. The standard InChI is InChI=1S/C29H31IN2O8/c1-16(34)24(27(36)31-10-11-33)32-26(35)20-12-22(38-28(37)17-6-8-21(30)9-7-17)25-23(13-20)39-29(40-25)14-18-4-2-3-5-19(18)15-29/h2-9,13,16,22-25,33-34H,10-12,14-15H2,1H3,(H,31,36)(H,32,35)/t16-,22+,23+,24+,25-/m0/s1. The Morgan fingerprint density at radius 1 is 1.10 bits per heavy atom. The van der Waals surface area contributed by atoms with Crippen LogP contribution in [0.5, 0.6) is 0 Å². The number of hydrogen-bond acceptors (Lipinski definition) is 8. The average Bonchev–Trinajstić information content (AvgIpc) is 3.48. The highest BCUT2D eigenvalue weighted by Gasteiger charge is 2.55. The molecule has 4 N–H and O–H groups in total. The smallest absolute Gasteiger partial charge is 0.338 e. The minimum atomic E-state index is -1.25. The Hall–Kier alpha value is -2.84. The lowest BCUT2D eigenvalue weighted by molar-refractivity contribution is -0.172. The summed E-state index contributed by atoms with van der Waals surface area (Å²) in [5.41, 5.74) is 2.85. The summed E-state index contributed by atoms with van der Waals surface area (Å²) in [5.74, 6) is -2.72. The lowest BCUT2D eigenvalue weighted by Gasteiger charge is -2.31. The molecule has 1 saturated heterocycles. The van der Waals surface area contributed by atoms with E-state index in [2.05, 4.69) is 33.2 Å². The molecular formula is C29H31IN2O8. The van der Waals surface area contributed by atoms with E-state index in [1.165, 1.54) is 6.92 Å². The molecule has 1 heterocycles. The summed E-state index contributed by atoms with van der Waals surface area (Å²) in [6.07, 6.45) is -0.612. The van der Waals surface area contributed by atoms with Crippen molar-refractivity contribution in [2.45, 2.75) is 62.4 Å². The number of ether oxygens (including phenoxy) is 3. The summed E-state index contributed by atoms with van der Waals surface area (Å²) in [4.78, 5) is 38.9. The van der Waals surface area contributed by atoms with Gasteiger partial charge in [0.25, 0.3) is 0 Å². The molecule has 0 bridgehead atoms. The highest BCUT2D eigenvalue weighted by atomic mass is 127. The highest BCUT2D eigenvalue weighted by molar-refractivity contribution is 14.1.